The molecule has 0 unspecified atom stereocenters. The van der Waals surface area contributed by atoms with Gasteiger partial charge in [-0.1, -0.05) is 0 Å². The Morgan fingerprint density at radius 1 is 1.12 bits per heavy atom. The van der Waals surface area contributed by atoms with E-state index in [1.165, 1.54) is 0 Å². The molecule has 0 saturated carbocycles. The Kier molecular flexibility index (Phi) is 5.37. The van der Waals surface area contributed by atoms with Gasteiger partial charge in [-0.3, -0.25) is 9.55 Å². The summed E-state index contributed by atoms with van der Waals surface area (Å²) < 4.78 is 79.5. The van der Waals surface area contributed by atoms with E-state index in [4.69, 9.17) is 9.47 Å². The van der Waals surface area contributed by atoms with Crippen LogP contribution in [0.1, 0.15) is 24.1 Å². The molecule has 2 aromatic heterocycles. The number of anilines is 1. The van der Waals surface area contributed by atoms with Crippen LogP contribution in [0.15, 0.2) is 41.3 Å². The molecule has 1 fully saturated rings. The van der Waals surface area contributed by atoms with E-state index in [-0.39, 0.29) is 24.1 Å². The number of pyridine rings is 1. The fourth-order valence-corrected chi connectivity index (χ4v) is 4.19. The molecule has 3 aromatic rings. The average molecular weight is 480 g/mol. The zero-order valence-electron chi connectivity index (χ0n) is 17.5. The number of hydrogen-bond donors (Lipinski definition) is 0. The zero-order valence-corrected chi connectivity index (χ0v) is 17.5. The predicted molar refractivity (Wildman–Crippen MR) is 109 cm³/mol. The molecule has 34 heavy (non-hydrogen) atoms. The van der Waals surface area contributed by atoms with E-state index in [1.807, 2.05) is 0 Å². The Morgan fingerprint density at radius 3 is 2.62 bits per heavy atom. The second-order valence-corrected chi connectivity index (χ2v) is 7.99. The summed E-state index contributed by atoms with van der Waals surface area (Å²) in [5.74, 6) is -2.82. The van der Waals surface area contributed by atoms with E-state index in [0.29, 0.717) is 18.4 Å². The van der Waals surface area contributed by atoms with Crippen LogP contribution in [0.25, 0.3) is 0 Å². The van der Waals surface area contributed by atoms with E-state index in [1.54, 1.807) is 10.6 Å². The first kappa shape index (κ1) is 22.1. The maximum atomic E-state index is 14.5. The zero-order chi connectivity index (χ0) is 24.0. The first-order valence-electron chi connectivity index (χ1n) is 10.4. The average Bonchev–Trinajstić information content (AvgIpc) is 3.37. The lowest BCUT2D eigenvalue weighted by atomic mass is 10.2. The largest absolute Gasteiger partial charge is 0.473 e. The van der Waals surface area contributed by atoms with Crippen molar-refractivity contribution in [2.45, 2.75) is 38.2 Å². The van der Waals surface area contributed by atoms with E-state index in [9.17, 15) is 26.7 Å². The van der Waals surface area contributed by atoms with Gasteiger partial charge in [0.1, 0.15) is 23.9 Å². The van der Waals surface area contributed by atoms with Crippen molar-refractivity contribution in [3.05, 3.63) is 69.9 Å². The Labute approximate surface area is 189 Å². The van der Waals surface area contributed by atoms with Gasteiger partial charge in [0.15, 0.2) is 17.4 Å². The minimum atomic E-state index is -4.73. The summed E-state index contributed by atoms with van der Waals surface area (Å²) in [5.41, 5.74) is -1.64. The van der Waals surface area contributed by atoms with Crippen LogP contribution < -0.4 is 20.1 Å². The standard InChI is InChI=1S/C22H17F5N4O3/c23-15-6-12(7-16(24)20(15)34-14-3-4-28-17(8-14)22(25,26)27)11-33-18-9-19-30-5-1-2-13(30)10-31(19)21(32)29-18/h3-4,6-9,13H,1-2,5,10-11H2/t13-/m0/s1. The van der Waals surface area contributed by atoms with Gasteiger partial charge in [0.05, 0.1) is 0 Å². The predicted octanol–water partition coefficient (Wildman–Crippen LogP) is 4.29. The third-order valence-corrected chi connectivity index (χ3v) is 5.72. The van der Waals surface area contributed by atoms with Gasteiger partial charge >= 0.3 is 11.9 Å². The number of aromatic nitrogens is 3. The first-order chi connectivity index (χ1) is 16.2. The van der Waals surface area contributed by atoms with Gasteiger partial charge in [0.2, 0.25) is 5.88 Å². The number of nitrogens with zero attached hydrogens (tertiary/aromatic N) is 4. The van der Waals surface area contributed by atoms with Crippen LogP contribution in [0, 0.1) is 11.6 Å². The fraction of sp³-hybridized carbons (Fsp3) is 0.318. The molecule has 12 heteroatoms. The number of hydrogen-bond acceptors (Lipinski definition) is 6. The van der Waals surface area contributed by atoms with E-state index >= 15 is 0 Å². The van der Waals surface area contributed by atoms with Crippen LogP contribution >= 0.6 is 0 Å². The highest BCUT2D eigenvalue weighted by Crippen LogP contribution is 2.34. The fourth-order valence-electron chi connectivity index (χ4n) is 4.19. The summed E-state index contributed by atoms with van der Waals surface area (Å²) in [7, 11) is 0. The summed E-state index contributed by atoms with van der Waals surface area (Å²) in [6.45, 7) is 1.11. The van der Waals surface area contributed by atoms with Gasteiger partial charge < -0.3 is 14.4 Å². The van der Waals surface area contributed by atoms with Crippen molar-refractivity contribution in [2.24, 2.45) is 0 Å². The molecule has 0 N–H and O–H groups in total. The van der Waals surface area contributed by atoms with Crippen molar-refractivity contribution in [3.63, 3.8) is 0 Å². The summed E-state index contributed by atoms with van der Waals surface area (Å²) in [4.78, 5) is 21.5. The van der Waals surface area contributed by atoms with E-state index in [0.717, 1.165) is 43.8 Å². The molecule has 0 amide bonds. The highest BCUT2D eigenvalue weighted by molar-refractivity contribution is 5.48. The Morgan fingerprint density at radius 2 is 1.88 bits per heavy atom. The maximum absolute atomic E-state index is 14.5. The van der Waals surface area contributed by atoms with Gasteiger partial charge in [-0.05, 0) is 36.6 Å². The quantitative estimate of drug-likeness (QED) is 0.508. The minimum Gasteiger partial charge on any atom is -0.473 e. The molecule has 4 heterocycles. The Bertz CT molecular complexity index is 1290. The molecule has 1 atom stereocenters. The van der Waals surface area contributed by atoms with Crippen LogP contribution in [-0.4, -0.2) is 27.1 Å². The van der Waals surface area contributed by atoms with E-state index in [2.05, 4.69) is 14.9 Å². The lowest BCUT2D eigenvalue weighted by molar-refractivity contribution is -0.141. The van der Waals surface area contributed by atoms with Crippen molar-refractivity contribution in [1.29, 1.82) is 0 Å². The molecule has 0 bridgehead atoms. The van der Waals surface area contributed by atoms with Crippen LogP contribution in [0.3, 0.4) is 0 Å². The van der Waals surface area contributed by atoms with Crippen LogP contribution in [0.5, 0.6) is 17.4 Å². The number of halogens is 5. The number of fused-ring (bicyclic) bond motifs is 3. The molecule has 1 aromatic carbocycles. The van der Waals surface area contributed by atoms with Gasteiger partial charge in [0, 0.05) is 37.5 Å². The van der Waals surface area contributed by atoms with Crippen LogP contribution in [0.4, 0.5) is 27.8 Å². The molecule has 0 radical (unpaired) electrons. The number of benzene rings is 1. The molecular weight excluding hydrogens is 463 g/mol. The van der Waals surface area contributed by atoms with Gasteiger partial charge in [-0.2, -0.15) is 18.2 Å². The van der Waals surface area contributed by atoms with Crippen LogP contribution in [-0.2, 0) is 19.3 Å². The topological polar surface area (TPSA) is 69.5 Å². The molecule has 2 aliphatic rings. The third-order valence-electron chi connectivity index (χ3n) is 5.72. The Hall–Kier alpha value is -3.70. The molecule has 2 aliphatic heterocycles. The summed E-state index contributed by atoms with van der Waals surface area (Å²) in [6, 6.07) is 5.33. The number of rotatable bonds is 5. The van der Waals surface area contributed by atoms with E-state index < -0.39 is 40.7 Å². The van der Waals surface area contributed by atoms with Gasteiger partial charge in [0.25, 0.3) is 0 Å². The van der Waals surface area contributed by atoms with Crippen LogP contribution in [0.2, 0.25) is 0 Å². The third kappa shape index (κ3) is 4.15. The lowest BCUT2D eigenvalue weighted by Crippen LogP contribution is -2.24. The molecular formula is C22H17F5N4O3. The first-order valence-corrected chi connectivity index (χ1v) is 10.4. The molecule has 178 valence electrons. The van der Waals surface area contributed by atoms with Crippen molar-refractivity contribution in [1.82, 2.24) is 14.5 Å². The van der Waals surface area contributed by atoms with Crippen molar-refractivity contribution < 1.29 is 31.4 Å². The van der Waals surface area contributed by atoms with Gasteiger partial charge in [-0.15, -0.1) is 0 Å². The number of ether oxygens (including phenoxy) is 2. The monoisotopic (exact) mass is 480 g/mol. The molecule has 0 spiro atoms. The smallest absolute Gasteiger partial charge is 0.433 e. The lowest BCUT2D eigenvalue weighted by Gasteiger charge is -2.17. The highest BCUT2D eigenvalue weighted by Gasteiger charge is 2.35. The summed E-state index contributed by atoms with van der Waals surface area (Å²) >= 11 is 0. The minimum absolute atomic E-state index is 0.0291. The molecule has 5 rings (SSSR count). The highest BCUT2D eigenvalue weighted by atomic mass is 19.4. The van der Waals surface area contributed by atoms with Gasteiger partial charge in [-0.25, -0.2) is 13.6 Å². The molecule has 0 aliphatic carbocycles. The summed E-state index contributed by atoms with van der Waals surface area (Å²) in [5, 5.41) is 0. The normalized spacial score (nSPS) is 17.0. The maximum Gasteiger partial charge on any atom is 0.433 e. The SMILES string of the molecule is O=c1nc(OCc2cc(F)c(Oc3ccnc(C(F)(F)F)c3)c(F)c2)cc2n1C[C@@H]1CCCN21. The Balaban J connectivity index is 1.32. The number of alkyl halides is 3. The second-order valence-electron chi connectivity index (χ2n) is 7.99. The van der Waals surface area contributed by atoms with Crippen molar-refractivity contribution in [2.75, 3.05) is 11.4 Å². The van der Waals surface area contributed by atoms with Crippen molar-refractivity contribution >= 4 is 5.82 Å². The molecule has 7 nitrogen and oxygen atoms in total. The summed E-state index contributed by atoms with van der Waals surface area (Å²) in [6.07, 6.45) is -1.89. The van der Waals surface area contributed by atoms with Crippen molar-refractivity contribution in [3.8, 4) is 17.4 Å². The molecule has 1 saturated heterocycles. The second kappa shape index (κ2) is 8.26.